The lowest BCUT2D eigenvalue weighted by Gasteiger charge is -2.28. The van der Waals surface area contributed by atoms with E-state index in [0.29, 0.717) is 36.2 Å². The highest BCUT2D eigenvalue weighted by molar-refractivity contribution is 6.30. The van der Waals surface area contributed by atoms with Gasteiger partial charge >= 0.3 is 0 Å². The summed E-state index contributed by atoms with van der Waals surface area (Å²) in [5.41, 5.74) is 2.59. The fourth-order valence-electron chi connectivity index (χ4n) is 3.35. The SMILES string of the molecule is O=C1C[C@H](c2cccc(Cl)c2)Cc2nc(N3CCOCC3)ncc21. The van der Waals surface area contributed by atoms with E-state index in [2.05, 4.69) is 9.88 Å². The van der Waals surface area contributed by atoms with Gasteiger partial charge in [0.1, 0.15) is 0 Å². The van der Waals surface area contributed by atoms with E-state index in [9.17, 15) is 4.79 Å². The van der Waals surface area contributed by atoms with E-state index < -0.39 is 0 Å². The summed E-state index contributed by atoms with van der Waals surface area (Å²) >= 11 is 6.10. The summed E-state index contributed by atoms with van der Waals surface area (Å²) in [4.78, 5) is 23.7. The standard InChI is InChI=1S/C18H18ClN3O2/c19-14-3-1-2-12(8-14)13-9-16-15(17(23)10-13)11-20-18(21-16)22-4-6-24-7-5-22/h1-3,8,11,13H,4-7,9-10H2/t13-/m1/s1. The molecule has 1 aliphatic carbocycles. The molecule has 4 rings (SSSR count). The van der Waals surface area contributed by atoms with Crippen LogP contribution < -0.4 is 4.90 Å². The molecule has 2 aromatic rings. The quantitative estimate of drug-likeness (QED) is 0.839. The number of halogens is 1. The third-order valence-electron chi connectivity index (χ3n) is 4.64. The van der Waals surface area contributed by atoms with Crippen LogP contribution in [-0.2, 0) is 11.2 Å². The van der Waals surface area contributed by atoms with Crippen LogP contribution in [0.15, 0.2) is 30.5 Å². The van der Waals surface area contributed by atoms with Gasteiger partial charge in [0.2, 0.25) is 5.95 Å². The minimum absolute atomic E-state index is 0.106. The van der Waals surface area contributed by atoms with Gasteiger partial charge in [0.15, 0.2) is 5.78 Å². The molecule has 0 spiro atoms. The minimum Gasteiger partial charge on any atom is -0.378 e. The maximum atomic E-state index is 12.5. The van der Waals surface area contributed by atoms with Gasteiger partial charge in [-0.05, 0) is 30.0 Å². The lowest BCUT2D eigenvalue weighted by Crippen LogP contribution is -2.37. The Hall–Kier alpha value is -1.98. The van der Waals surface area contributed by atoms with Gasteiger partial charge < -0.3 is 9.64 Å². The Balaban J connectivity index is 1.64. The monoisotopic (exact) mass is 343 g/mol. The first kappa shape index (κ1) is 15.5. The first-order valence-electron chi connectivity index (χ1n) is 8.18. The average molecular weight is 344 g/mol. The number of carbonyl (C=O) groups is 1. The summed E-state index contributed by atoms with van der Waals surface area (Å²) < 4.78 is 5.37. The molecule has 1 aromatic heterocycles. The van der Waals surface area contributed by atoms with E-state index in [1.54, 1.807) is 6.20 Å². The molecule has 1 atom stereocenters. The lowest BCUT2D eigenvalue weighted by molar-refractivity contribution is 0.0962. The third kappa shape index (κ3) is 3.01. The fraction of sp³-hybridized carbons (Fsp3) is 0.389. The Morgan fingerprint density at radius 3 is 2.83 bits per heavy atom. The zero-order chi connectivity index (χ0) is 16.5. The fourth-order valence-corrected chi connectivity index (χ4v) is 3.55. The zero-order valence-electron chi connectivity index (χ0n) is 13.2. The van der Waals surface area contributed by atoms with E-state index in [4.69, 9.17) is 21.3 Å². The van der Waals surface area contributed by atoms with Crippen LogP contribution >= 0.6 is 11.6 Å². The van der Waals surface area contributed by atoms with E-state index in [1.165, 1.54) is 0 Å². The molecular formula is C18H18ClN3O2. The lowest BCUT2D eigenvalue weighted by atomic mass is 9.82. The molecule has 5 nitrogen and oxygen atoms in total. The second kappa shape index (κ2) is 6.49. The highest BCUT2D eigenvalue weighted by Gasteiger charge is 2.29. The van der Waals surface area contributed by atoms with E-state index in [1.807, 2.05) is 24.3 Å². The molecule has 0 bridgehead atoms. The number of hydrogen-bond acceptors (Lipinski definition) is 5. The maximum absolute atomic E-state index is 12.5. The van der Waals surface area contributed by atoms with Crippen molar-refractivity contribution in [3.63, 3.8) is 0 Å². The van der Waals surface area contributed by atoms with Crippen molar-refractivity contribution < 1.29 is 9.53 Å². The van der Waals surface area contributed by atoms with Crippen molar-refractivity contribution >= 4 is 23.3 Å². The number of fused-ring (bicyclic) bond motifs is 1. The molecule has 1 aliphatic heterocycles. The molecule has 2 heterocycles. The summed E-state index contributed by atoms with van der Waals surface area (Å²) in [6.07, 6.45) is 2.90. The van der Waals surface area contributed by atoms with E-state index in [0.717, 1.165) is 30.8 Å². The molecule has 1 fully saturated rings. The number of Topliss-reactive ketones (excluding diaryl/α,β-unsaturated/α-hetero) is 1. The van der Waals surface area contributed by atoms with Gasteiger partial charge in [0.05, 0.1) is 24.5 Å². The van der Waals surface area contributed by atoms with Gasteiger partial charge in [0, 0.05) is 30.7 Å². The van der Waals surface area contributed by atoms with Crippen molar-refractivity contribution in [2.45, 2.75) is 18.8 Å². The number of carbonyl (C=O) groups excluding carboxylic acids is 1. The van der Waals surface area contributed by atoms with Gasteiger partial charge in [-0.15, -0.1) is 0 Å². The molecule has 0 radical (unpaired) electrons. The van der Waals surface area contributed by atoms with Gasteiger partial charge in [-0.3, -0.25) is 4.79 Å². The van der Waals surface area contributed by atoms with Gasteiger partial charge in [-0.2, -0.15) is 0 Å². The molecule has 24 heavy (non-hydrogen) atoms. The van der Waals surface area contributed by atoms with Crippen molar-refractivity contribution in [3.05, 3.63) is 52.3 Å². The van der Waals surface area contributed by atoms with Gasteiger partial charge in [-0.1, -0.05) is 23.7 Å². The zero-order valence-corrected chi connectivity index (χ0v) is 14.0. The molecule has 0 saturated carbocycles. The minimum atomic E-state index is 0.106. The third-order valence-corrected chi connectivity index (χ3v) is 4.88. The average Bonchev–Trinajstić information content (AvgIpc) is 2.62. The molecule has 0 N–H and O–H groups in total. The van der Waals surface area contributed by atoms with Crippen LogP contribution in [0.3, 0.4) is 0 Å². The number of aromatic nitrogens is 2. The number of ketones is 1. The highest BCUT2D eigenvalue weighted by atomic mass is 35.5. The van der Waals surface area contributed by atoms with Gasteiger partial charge in [-0.25, -0.2) is 9.97 Å². The number of hydrogen-bond donors (Lipinski definition) is 0. The van der Waals surface area contributed by atoms with Gasteiger partial charge in [0.25, 0.3) is 0 Å². The first-order chi connectivity index (χ1) is 11.7. The van der Waals surface area contributed by atoms with Crippen molar-refractivity contribution in [2.24, 2.45) is 0 Å². The predicted molar refractivity (Wildman–Crippen MR) is 91.9 cm³/mol. The maximum Gasteiger partial charge on any atom is 0.225 e. The van der Waals surface area contributed by atoms with E-state index in [-0.39, 0.29) is 11.7 Å². The molecule has 1 saturated heterocycles. The topological polar surface area (TPSA) is 55.3 Å². The second-order valence-corrected chi connectivity index (χ2v) is 6.65. The van der Waals surface area contributed by atoms with Crippen molar-refractivity contribution in [3.8, 4) is 0 Å². The summed E-state index contributed by atoms with van der Waals surface area (Å²) in [5, 5.41) is 0.697. The Bertz CT molecular complexity index is 775. The number of nitrogens with zero attached hydrogens (tertiary/aromatic N) is 3. The van der Waals surface area contributed by atoms with Crippen molar-refractivity contribution in [2.75, 3.05) is 31.2 Å². The number of rotatable bonds is 2. The Morgan fingerprint density at radius 1 is 1.21 bits per heavy atom. The Morgan fingerprint density at radius 2 is 2.04 bits per heavy atom. The summed E-state index contributed by atoms with van der Waals surface area (Å²) in [6.45, 7) is 2.93. The predicted octanol–water partition coefficient (Wildman–Crippen LogP) is 2.88. The van der Waals surface area contributed by atoms with Crippen LogP contribution in [0.25, 0.3) is 0 Å². The first-order valence-corrected chi connectivity index (χ1v) is 8.56. The molecule has 0 amide bonds. The molecule has 2 aliphatic rings. The van der Waals surface area contributed by atoms with Crippen LogP contribution in [0.5, 0.6) is 0 Å². The number of morpholine rings is 1. The van der Waals surface area contributed by atoms with Crippen molar-refractivity contribution in [1.29, 1.82) is 0 Å². The normalized spacial score (nSPS) is 20.8. The molecule has 1 aromatic carbocycles. The second-order valence-electron chi connectivity index (χ2n) is 6.21. The number of ether oxygens (including phenoxy) is 1. The number of anilines is 1. The smallest absolute Gasteiger partial charge is 0.225 e. The molecule has 6 heteroatoms. The summed E-state index contributed by atoms with van der Waals surface area (Å²) in [5.74, 6) is 0.919. The van der Waals surface area contributed by atoms with Crippen LogP contribution in [0.4, 0.5) is 5.95 Å². The van der Waals surface area contributed by atoms with Crippen LogP contribution in [0.2, 0.25) is 5.02 Å². The number of benzene rings is 1. The van der Waals surface area contributed by atoms with Crippen LogP contribution in [0, 0.1) is 0 Å². The Labute approximate surface area is 145 Å². The molecular weight excluding hydrogens is 326 g/mol. The molecule has 0 unspecified atom stereocenters. The summed E-state index contributed by atoms with van der Waals surface area (Å²) in [7, 11) is 0. The summed E-state index contributed by atoms with van der Waals surface area (Å²) in [6, 6.07) is 7.74. The van der Waals surface area contributed by atoms with E-state index >= 15 is 0 Å². The highest BCUT2D eigenvalue weighted by Crippen LogP contribution is 2.33. The van der Waals surface area contributed by atoms with Crippen LogP contribution in [-0.4, -0.2) is 42.1 Å². The molecule has 124 valence electrons. The Kier molecular flexibility index (Phi) is 4.21. The van der Waals surface area contributed by atoms with Crippen molar-refractivity contribution in [1.82, 2.24) is 9.97 Å². The van der Waals surface area contributed by atoms with Crippen LogP contribution in [0.1, 0.15) is 34.0 Å². The largest absolute Gasteiger partial charge is 0.378 e.